The molecule has 3 rings (SSSR count). The smallest absolute Gasteiger partial charge is 0.369 e. The molecule has 1 aliphatic rings. The van der Waals surface area contributed by atoms with E-state index in [1.165, 1.54) is 0 Å². The summed E-state index contributed by atoms with van der Waals surface area (Å²) in [7, 11) is 0. The van der Waals surface area contributed by atoms with Crippen LogP contribution >= 0.6 is 0 Å². The molecule has 0 bridgehead atoms. The summed E-state index contributed by atoms with van der Waals surface area (Å²) in [6.07, 6.45) is -2.66. The summed E-state index contributed by atoms with van der Waals surface area (Å²) in [5.41, 5.74) is 4.04. The zero-order valence-corrected chi connectivity index (χ0v) is 15.6. The molecule has 29 heavy (non-hydrogen) atoms. The molecule has 2 heterocycles. The summed E-state index contributed by atoms with van der Waals surface area (Å²) < 4.78 is 41.2. The minimum absolute atomic E-state index is 0.0734. The quantitative estimate of drug-likeness (QED) is 0.676. The Morgan fingerprint density at radius 3 is 2.66 bits per heavy atom. The van der Waals surface area contributed by atoms with Crippen LogP contribution in [0.25, 0.3) is 5.69 Å². The van der Waals surface area contributed by atoms with Crippen LogP contribution in [-0.4, -0.2) is 41.2 Å². The second-order valence-electron chi connectivity index (χ2n) is 6.98. The number of nitrogens with zero attached hydrogens (tertiary/aromatic N) is 2. The number of alkyl halides is 3. The van der Waals surface area contributed by atoms with Gasteiger partial charge in [-0.3, -0.25) is 9.59 Å². The molecule has 0 saturated carbocycles. The van der Waals surface area contributed by atoms with Crippen molar-refractivity contribution in [2.75, 3.05) is 19.6 Å². The van der Waals surface area contributed by atoms with Crippen LogP contribution in [0.4, 0.5) is 13.2 Å². The summed E-state index contributed by atoms with van der Waals surface area (Å²) >= 11 is 0. The second kappa shape index (κ2) is 8.64. The summed E-state index contributed by atoms with van der Waals surface area (Å²) in [5, 5.41) is 9.23. The van der Waals surface area contributed by atoms with E-state index in [1.807, 2.05) is 0 Å². The van der Waals surface area contributed by atoms with Crippen molar-refractivity contribution in [3.05, 3.63) is 47.8 Å². The topological polar surface area (TPSA) is 102 Å². The number of benzene rings is 1. The first kappa shape index (κ1) is 20.8. The summed E-state index contributed by atoms with van der Waals surface area (Å²) in [4.78, 5) is 24.0. The lowest BCUT2D eigenvalue weighted by Gasteiger charge is -2.30. The highest BCUT2D eigenvalue weighted by atomic mass is 19.4. The first-order chi connectivity index (χ1) is 13.8. The number of hydrogen-bond donors (Lipinski definition) is 3. The second-order valence-corrected chi connectivity index (χ2v) is 6.98. The van der Waals surface area contributed by atoms with Crippen LogP contribution in [0.3, 0.4) is 0 Å². The number of primary amides is 1. The number of hydrogen-bond acceptors (Lipinski definition) is 4. The summed E-state index contributed by atoms with van der Waals surface area (Å²) in [6.45, 7) is 1.38. The molecule has 2 unspecified atom stereocenters. The number of rotatable bonds is 6. The molecule has 0 spiro atoms. The van der Waals surface area contributed by atoms with Gasteiger partial charge in [-0.05, 0) is 44.0 Å². The number of carbonyl (C=O) groups is 2. The summed E-state index contributed by atoms with van der Waals surface area (Å²) in [6, 6.07) is 8.24. The van der Waals surface area contributed by atoms with Crippen molar-refractivity contribution in [1.29, 1.82) is 0 Å². The number of carbonyl (C=O) groups excluding carboxylic acids is 2. The monoisotopic (exact) mass is 409 g/mol. The zero-order valence-electron chi connectivity index (χ0n) is 15.6. The largest absolute Gasteiger partial charge is 0.435 e. The Morgan fingerprint density at radius 2 is 2.00 bits per heavy atom. The predicted molar refractivity (Wildman–Crippen MR) is 99.2 cm³/mol. The number of piperidine rings is 1. The third-order valence-corrected chi connectivity index (χ3v) is 5.02. The average Bonchev–Trinajstić information content (AvgIpc) is 3.15. The zero-order chi connectivity index (χ0) is 21.0. The molecule has 1 saturated heterocycles. The van der Waals surface area contributed by atoms with Gasteiger partial charge in [0.1, 0.15) is 0 Å². The maximum absolute atomic E-state index is 13.4. The van der Waals surface area contributed by atoms with Crippen molar-refractivity contribution in [3.8, 4) is 5.69 Å². The number of amides is 2. The molecule has 10 heteroatoms. The van der Waals surface area contributed by atoms with E-state index in [9.17, 15) is 22.8 Å². The third kappa shape index (κ3) is 4.94. The molecular formula is C19H22F3N5O2. The minimum atomic E-state index is -4.77. The number of nitrogens with two attached hydrogens (primary N) is 1. The van der Waals surface area contributed by atoms with Crippen molar-refractivity contribution in [2.24, 2.45) is 17.6 Å². The highest BCUT2D eigenvalue weighted by molar-refractivity contribution is 5.95. The molecule has 1 aromatic carbocycles. The molecule has 0 aliphatic carbocycles. The van der Waals surface area contributed by atoms with Crippen LogP contribution in [0.5, 0.6) is 0 Å². The highest BCUT2D eigenvalue weighted by Crippen LogP contribution is 2.31. The third-order valence-electron chi connectivity index (χ3n) is 5.02. The van der Waals surface area contributed by atoms with Gasteiger partial charge in [0.25, 0.3) is 5.91 Å². The van der Waals surface area contributed by atoms with Crippen LogP contribution in [-0.2, 0) is 11.0 Å². The molecule has 1 aromatic heterocycles. The fourth-order valence-corrected chi connectivity index (χ4v) is 3.53. The standard InChI is InChI=1S/C19H22F3N5O2/c20-19(21,22)16-15(11-27(26-16)13-4-2-1-3-5-13)18(29)25-9-6-12-10-24-8-7-14(12)17(23)28/h1-5,11-12,14,24H,6-10H2,(H2,23,28)(H,25,29). The van der Waals surface area contributed by atoms with Gasteiger partial charge in [0.2, 0.25) is 5.91 Å². The van der Waals surface area contributed by atoms with Crippen LogP contribution in [0, 0.1) is 11.8 Å². The Morgan fingerprint density at radius 1 is 1.28 bits per heavy atom. The van der Waals surface area contributed by atoms with Gasteiger partial charge < -0.3 is 16.4 Å². The molecule has 156 valence electrons. The molecule has 2 amide bonds. The summed E-state index contributed by atoms with van der Waals surface area (Å²) in [5.74, 6) is -1.64. The molecule has 0 radical (unpaired) electrons. The van der Waals surface area contributed by atoms with Gasteiger partial charge in [0.15, 0.2) is 5.69 Å². The van der Waals surface area contributed by atoms with Gasteiger partial charge in [0.05, 0.1) is 11.3 Å². The molecular weight excluding hydrogens is 387 g/mol. The van der Waals surface area contributed by atoms with Crippen LogP contribution in [0.1, 0.15) is 28.9 Å². The van der Waals surface area contributed by atoms with Crippen molar-refractivity contribution in [3.63, 3.8) is 0 Å². The van der Waals surface area contributed by atoms with Crippen molar-refractivity contribution in [2.45, 2.75) is 19.0 Å². The van der Waals surface area contributed by atoms with E-state index in [1.54, 1.807) is 30.3 Å². The molecule has 1 fully saturated rings. The minimum Gasteiger partial charge on any atom is -0.369 e. The Bertz CT molecular complexity index is 866. The lowest BCUT2D eigenvalue weighted by atomic mass is 9.83. The molecule has 4 N–H and O–H groups in total. The Balaban J connectivity index is 1.71. The van der Waals surface area contributed by atoms with E-state index in [0.29, 0.717) is 31.6 Å². The van der Waals surface area contributed by atoms with E-state index in [0.717, 1.165) is 10.9 Å². The van der Waals surface area contributed by atoms with Gasteiger partial charge >= 0.3 is 6.18 Å². The van der Waals surface area contributed by atoms with Gasteiger partial charge in [-0.15, -0.1) is 0 Å². The molecule has 2 atom stereocenters. The Kier molecular flexibility index (Phi) is 6.21. The fourth-order valence-electron chi connectivity index (χ4n) is 3.53. The van der Waals surface area contributed by atoms with Crippen molar-refractivity contribution < 1.29 is 22.8 Å². The van der Waals surface area contributed by atoms with Crippen molar-refractivity contribution in [1.82, 2.24) is 20.4 Å². The van der Waals surface area contributed by atoms with E-state index in [4.69, 9.17) is 5.73 Å². The lowest BCUT2D eigenvalue weighted by Crippen LogP contribution is -2.44. The normalized spacial score (nSPS) is 19.7. The Labute approximate surface area is 165 Å². The molecule has 7 nitrogen and oxygen atoms in total. The Hall–Kier alpha value is -2.88. The van der Waals surface area contributed by atoms with Gasteiger partial charge in [-0.1, -0.05) is 18.2 Å². The van der Waals surface area contributed by atoms with Crippen LogP contribution in [0.15, 0.2) is 36.5 Å². The first-order valence-corrected chi connectivity index (χ1v) is 9.28. The predicted octanol–water partition coefficient (Wildman–Crippen LogP) is 1.72. The molecule has 1 aliphatic heterocycles. The number of halogens is 3. The van der Waals surface area contributed by atoms with E-state index in [-0.39, 0.29) is 18.4 Å². The highest BCUT2D eigenvalue weighted by Gasteiger charge is 2.39. The van der Waals surface area contributed by atoms with Crippen LogP contribution < -0.4 is 16.4 Å². The SMILES string of the molecule is NC(=O)C1CCNCC1CCNC(=O)c1cn(-c2ccccc2)nc1C(F)(F)F. The fraction of sp³-hybridized carbons (Fsp3) is 0.421. The van der Waals surface area contributed by atoms with Gasteiger partial charge in [0, 0.05) is 18.7 Å². The first-order valence-electron chi connectivity index (χ1n) is 9.28. The number of para-hydroxylation sites is 1. The van der Waals surface area contributed by atoms with Gasteiger partial charge in [-0.25, -0.2) is 4.68 Å². The van der Waals surface area contributed by atoms with Gasteiger partial charge in [-0.2, -0.15) is 18.3 Å². The maximum atomic E-state index is 13.4. The van der Waals surface area contributed by atoms with Crippen molar-refractivity contribution >= 4 is 11.8 Å². The van der Waals surface area contributed by atoms with E-state index >= 15 is 0 Å². The number of aromatic nitrogens is 2. The van der Waals surface area contributed by atoms with E-state index < -0.39 is 29.2 Å². The molecule has 2 aromatic rings. The van der Waals surface area contributed by atoms with Crippen LogP contribution in [0.2, 0.25) is 0 Å². The maximum Gasteiger partial charge on any atom is 0.435 e. The average molecular weight is 409 g/mol. The lowest BCUT2D eigenvalue weighted by molar-refractivity contribution is -0.141. The van der Waals surface area contributed by atoms with E-state index in [2.05, 4.69) is 15.7 Å². The number of nitrogens with one attached hydrogen (secondary N) is 2.